The van der Waals surface area contributed by atoms with Crippen LogP contribution in [0.5, 0.6) is 0 Å². The number of imidazole rings is 1. The lowest BCUT2D eigenvalue weighted by molar-refractivity contribution is 1.11. The quantitative estimate of drug-likeness (QED) is 0.550. The molecule has 0 amide bonds. The van der Waals surface area contributed by atoms with Crippen LogP contribution in [0, 0.1) is 0 Å². The van der Waals surface area contributed by atoms with Gasteiger partial charge in [-0.15, -0.1) is 0 Å². The summed E-state index contributed by atoms with van der Waals surface area (Å²) in [6.07, 6.45) is 8.98. The average Bonchev–Trinajstić information content (AvgIpc) is 3.05. The highest BCUT2D eigenvalue weighted by Crippen LogP contribution is 2.24. The minimum atomic E-state index is 0.848. The second-order valence-corrected chi connectivity index (χ2v) is 4.08. The molecule has 86 valence electrons. The molecule has 0 aromatic carbocycles. The van der Waals surface area contributed by atoms with Crippen molar-refractivity contribution in [3.05, 3.63) is 49.3 Å². The molecule has 0 saturated heterocycles. The Bertz CT molecular complexity index is 828. The topological polar surface area (TPSA) is 58.9 Å². The number of hydrogen-bond donors (Lipinski definition) is 1. The van der Waals surface area contributed by atoms with Gasteiger partial charge in [0.2, 0.25) is 0 Å². The van der Waals surface area contributed by atoms with Gasteiger partial charge in [0.1, 0.15) is 17.6 Å². The molecule has 4 aromatic rings. The molecule has 0 radical (unpaired) electrons. The molecule has 4 heterocycles. The Morgan fingerprint density at radius 1 is 1.06 bits per heavy atom. The van der Waals surface area contributed by atoms with Gasteiger partial charge in [-0.1, -0.05) is 0 Å². The first-order chi connectivity index (χ1) is 8.92. The fourth-order valence-electron chi connectivity index (χ4n) is 2.14. The Labute approximate surface area is 102 Å². The predicted octanol–water partition coefficient (Wildman–Crippen LogP) is 2.27. The van der Waals surface area contributed by atoms with E-state index in [1.54, 1.807) is 24.9 Å². The van der Waals surface area contributed by atoms with Gasteiger partial charge in [-0.2, -0.15) is 0 Å². The van der Waals surface area contributed by atoms with Gasteiger partial charge in [-0.05, 0) is 18.2 Å². The Hall–Kier alpha value is -2.69. The standard InChI is InChI=1S/C13H9N5/c1-3-14-4-2-9(1)11-7-10-12(17-11)16-8-18-6-5-15-13(10)18/h1-8,17H. The SMILES string of the molecule is c1cc(-c2cc3c(ncn4ccnc34)[nH]2)ccn1. The van der Waals surface area contributed by atoms with Crippen LogP contribution in [-0.2, 0) is 0 Å². The molecule has 0 unspecified atom stereocenters. The molecule has 18 heavy (non-hydrogen) atoms. The van der Waals surface area contributed by atoms with Gasteiger partial charge in [0.05, 0.1) is 5.39 Å². The highest BCUT2D eigenvalue weighted by Gasteiger charge is 2.08. The largest absolute Gasteiger partial charge is 0.339 e. The van der Waals surface area contributed by atoms with E-state index in [0.717, 1.165) is 27.9 Å². The highest BCUT2D eigenvalue weighted by molar-refractivity contribution is 5.93. The number of fused-ring (bicyclic) bond motifs is 3. The van der Waals surface area contributed by atoms with Crippen LogP contribution in [0.25, 0.3) is 27.9 Å². The van der Waals surface area contributed by atoms with Crippen LogP contribution in [-0.4, -0.2) is 24.3 Å². The minimum Gasteiger partial charge on any atom is -0.339 e. The Kier molecular flexibility index (Phi) is 1.77. The van der Waals surface area contributed by atoms with E-state index in [2.05, 4.69) is 26.0 Å². The number of hydrogen-bond acceptors (Lipinski definition) is 3. The third-order valence-electron chi connectivity index (χ3n) is 3.01. The lowest BCUT2D eigenvalue weighted by atomic mass is 10.2. The summed E-state index contributed by atoms with van der Waals surface area (Å²) in [4.78, 5) is 16.0. The van der Waals surface area contributed by atoms with Crippen molar-refractivity contribution in [3.63, 3.8) is 0 Å². The second kappa shape index (κ2) is 3.40. The van der Waals surface area contributed by atoms with Crippen molar-refractivity contribution in [2.45, 2.75) is 0 Å². The molecule has 1 N–H and O–H groups in total. The molecule has 0 aliphatic rings. The van der Waals surface area contributed by atoms with Crippen molar-refractivity contribution in [1.82, 2.24) is 24.3 Å². The van der Waals surface area contributed by atoms with Crippen LogP contribution in [0.2, 0.25) is 0 Å². The molecule has 5 heteroatoms. The molecule has 0 fully saturated rings. The summed E-state index contributed by atoms with van der Waals surface area (Å²) >= 11 is 0. The molecule has 0 aliphatic carbocycles. The van der Waals surface area contributed by atoms with E-state index in [4.69, 9.17) is 0 Å². The average molecular weight is 235 g/mol. The predicted molar refractivity (Wildman–Crippen MR) is 68.1 cm³/mol. The summed E-state index contributed by atoms with van der Waals surface area (Å²) in [7, 11) is 0. The summed E-state index contributed by atoms with van der Waals surface area (Å²) in [6.45, 7) is 0. The summed E-state index contributed by atoms with van der Waals surface area (Å²) in [6, 6.07) is 6.00. The maximum atomic E-state index is 4.38. The number of nitrogens with zero attached hydrogens (tertiary/aromatic N) is 4. The second-order valence-electron chi connectivity index (χ2n) is 4.08. The van der Waals surface area contributed by atoms with Gasteiger partial charge in [-0.3, -0.25) is 9.38 Å². The van der Waals surface area contributed by atoms with E-state index < -0.39 is 0 Å². The molecule has 0 saturated carbocycles. The molecular formula is C13H9N5. The number of nitrogens with one attached hydrogen (secondary N) is 1. The number of aromatic nitrogens is 5. The monoisotopic (exact) mass is 235 g/mol. The van der Waals surface area contributed by atoms with Gasteiger partial charge < -0.3 is 4.98 Å². The zero-order valence-electron chi connectivity index (χ0n) is 9.41. The maximum absolute atomic E-state index is 4.38. The summed E-state index contributed by atoms with van der Waals surface area (Å²) in [5.74, 6) is 0. The van der Waals surface area contributed by atoms with Crippen molar-refractivity contribution < 1.29 is 0 Å². The van der Waals surface area contributed by atoms with Crippen molar-refractivity contribution in [1.29, 1.82) is 0 Å². The zero-order valence-corrected chi connectivity index (χ0v) is 9.41. The first kappa shape index (κ1) is 9.35. The fourth-order valence-corrected chi connectivity index (χ4v) is 2.14. The smallest absolute Gasteiger partial charge is 0.149 e. The number of aromatic amines is 1. The first-order valence-electron chi connectivity index (χ1n) is 5.62. The molecule has 4 aromatic heterocycles. The van der Waals surface area contributed by atoms with Gasteiger partial charge in [0, 0.05) is 36.0 Å². The number of rotatable bonds is 1. The van der Waals surface area contributed by atoms with Crippen LogP contribution in [0.1, 0.15) is 0 Å². The Morgan fingerprint density at radius 2 is 1.94 bits per heavy atom. The summed E-state index contributed by atoms with van der Waals surface area (Å²) in [5, 5.41) is 1.02. The number of H-pyrrole nitrogens is 1. The van der Waals surface area contributed by atoms with E-state index in [0.29, 0.717) is 0 Å². The molecule has 0 bridgehead atoms. The van der Waals surface area contributed by atoms with E-state index >= 15 is 0 Å². The highest BCUT2D eigenvalue weighted by atomic mass is 15.0. The van der Waals surface area contributed by atoms with Gasteiger partial charge in [0.15, 0.2) is 0 Å². The minimum absolute atomic E-state index is 0.848. The molecule has 4 rings (SSSR count). The maximum Gasteiger partial charge on any atom is 0.149 e. The number of pyridine rings is 1. The normalized spacial score (nSPS) is 11.3. The molecule has 5 nitrogen and oxygen atoms in total. The van der Waals surface area contributed by atoms with Crippen molar-refractivity contribution in [3.8, 4) is 11.3 Å². The lowest BCUT2D eigenvalue weighted by Crippen LogP contribution is -1.86. The van der Waals surface area contributed by atoms with Crippen LogP contribution in [0.4, 0.5) is 0 Å². The van der Waals surface area contributed by atoms with Crippen LogP contribution in [0.15, 0.2) is 49.3 Å². The third kappa shape index (κ3) is 1.24. The van der Waals surface area contributed by atoms with Gasteiger partial charge in [0.25, 0.3) is 0 Å². The van der Waals surface area contributed by atoms with E-state index in [1.165, 1.54) is 0 Å². The summed E-state index contributed by atoms with van der Waals surface area (Å²) in [5.41, 5.74) is 3.88. The van der Waals surface area contributed by atoms with Crippen molar-refractivity contribution in [2.24, 2.45) is 0 Å². The first-order valence-corrected chi connectivity index (χ1v) is 5.62. The zero-order chi connectivity index (χ0) is 11.9. The van der Waals surface area contributed by atoms with E-state index in [9.17, 15) is 0 Å². The molecule has 0 aliphatic heterocycles. The van der Waals surface area contributed by atoms with E-state index in [1.807, 2.05) is 22.7 Å². The van der Waals surface area contributed by atoms with E-state index in [-0.39, 0.29) is 0 Å². The van der Waals surface area contributed by atoms with Crippen molar-refractivity contribution >= 4 is 16.7 Å². The molecular weight excluding hydrogens is 226 g/mol. The fraction of sp³-hybridized carbons (Fsp3) is 0. The molecule has 0 atom stereocenters. The third-order valence-corrected chi connectivity index (χ3v) is 3.01. The van der Waals surface area contributed by atoms with Gasteiger partial charge in [-0.25, -0.2) is 9.97 Å². The summed E-state index contributed by atoms with van der Waals surface area (Å²) < 4.78 is 1.91. The lowest BCUT2D eigenvalue weighted by Gasteiger charge is -1.94. The van der Waals surface area contributed by atoms with Gasteiger partial charge >= 0.3 is 0 Å². The van der Waals surface area contributed by atoms with Crippen LogP contribution in [0.3, 0.4) is 0 Å². The Balaban J connectivity index is 2.04. The van der Waals surface area contributed by atoms with Crippen molar-refractivity contribution in [2.75, 3.05) is 0 Å². The van der Waals surface area contributed by atoms with Crippen LogP contribution < -0.4 is 0 Å². The Morgan fingerprint density at radius 3 is 2.83 bits per heavy atom. The molecule has 0 spiro atoms. The van der Waals surface area contributed by atoms with Crippen LogP contribution >= 0.6 is 0 Å².